The van der Waals surface area contributed by atoms with Crippen LogP contribution in [0, 0.1) is 6.92 Å². The summed E-state index contributed by atoms with van der Waals surface area (Å²) in [5.74, 6) is 0. The Balaban J connectivity index is 1.70. The lowest BCUT2D eigenvalue weighted by Crippen LogP contribution is -2.20. The number of fused-ring (bicyclic) bond motifs is 1. The van der Waals surface area contributed by atoms with E-state index >= 15 is 0 Å². The number of aryl methyl sites for hydroxylation is 2. The quantitative estimate of drug-likeness (QED) is 0.863. The first-order chi connectivity index (χ1) is 9.25. The van der Waals surface area contributed by atoms with E-state index in [2.05, 4.69) is 4.98 Å². The SMILES string of the molecule is Cc1csc2c(=O)n(CCCC3CCCO3)cnc12. The molecule has 0 amide bonds. The zero-order valence-electron chi connectivity index (χ0n) is 11.1. The minimum atomic E-state index is 0.0930. The summed E-state index contributed by atoms with van der Waals surface area (Å²) < 4.78 is 8.10. The fraction of sp³-hybridized carbons (Fsp3) is 0.571. The van der Waals surface area contributed by atoms with Crippen LogP contribution in [0.15, 0.2) is 16.5 Å². The van der Waals surface area contributed by atoms with Gasteiger partial charge in [0, 0.05) is 13.2 Å². The van der Waals surface area contributed by atoms with Crippen molar-refractivity contribution >= 4 is 21.6 Å². The van der Waals surface area contributed by atoms with Crippen LogP contribution in [0.4, 0.5) is 0 Å². The van der Waals surface area contributed by atoms with E-state index in [0.29, 0.717) is 6.10 Å². The zero-order valence-corrected chi connectivity index (χ0v) is 11.9. The van der Waals surface area contributed by atoms with Gasteiger partial charge in [-0.05, 0) is 43.6 Å². The van der Waals surface area contributed by atoms with E-state index < -0.39 is 0 Å². The number of nitrogens with zero attached hydrogens (tertiary/aromatic N) is 2. The van der Waals surface area contributed by atoms with Gasteiger partial charge in [0.2, 0.25) is 0 Å². The van der Waals surface area contributed by atoms with Crippen LogP contribution in [0.3, 0.4) is 0 Å². The molecule has 19 heavy (non-hydrogen) atoms. The molecule has 1 aliphatic rings. The van der Waals surface area contributed by atoms with Gasteiger partial charge in [-0.25, -0.2) is 4.98 Å². The fourth-order valence-electron chi connectivity index (χ4n) is 2.58. The molecule has 2 aromatic rings. The van der Waals surface area contributed by atoms with E-state index in [4.69, 9.17) is 4.74 Å². The maximum atomic E-state index is 12.3. The molecule has 0 bridgehead atoms. The van der Waals surface area contributed by atoms with Gasteiger partial charge in [-0.1, -0.05) is 0 Å². The molecule has 4 nitrogen and oxygen atoms in total. The van der Waals surface area contributed by atoms with Crippen molar-refractivity contribution in [3.05, 3.63) is 27.6 Å². The highest BCUT2D eigenvalue weighted by Gasteiger charge is 2.15. The van der Waals surface area contributed by atoms with Gasteiger partial charge in [-0.3, -0.25) is 9.36 Å². The van der Waals surface area contributed by atoms with Crippen molar-refractivity contribution in [2.45, 2.75) is 45.3 Å². The topological polar surface area (TPSA) is 44.1 Å². The van der Waals surface area contributed by atoms with Gasteiger partial charge in [0.05, 0.1) is 17.9 Å². The molecular weight excluding hydrogens is 260 g/mol. The van der Waals surface area contributed by atoms with Crippen molar-refractivity contribution in [2.24, 2.45) is 0 Å². The van der Waals surface area contributed by atoms with E-state index in [0.717, 1.165) is 48.2 Å². The van der Waals surface area contributed by atoms with Crippen LogP contribution in [-0.2, 0) is 11.3 Å². The Morgan fingerprint density at radius 3 is 3.26 bits per heavy atom. The third kappa shape index (κ3) is 2.58. The van der Waals surface area contributed by atoms with Crippen LogP contribution in [0.1, 0.15) is 31.2 Å². The van der Waals surface area contributed by atoms with Gasteiger partial charge in [0.15, 0.2) is 0 Å². The first kappa shape index (κ1) is 12.8. The first-order valence-electron chi connectivity index (χ1n) is 6.80. The van der Waals surface area contributed by atoms with Crippen molar-refractivity contribution in [1.29, 1.82) is 0 Å². The van der Waals surface area contributed by atoms with Crippen LogP contribution >= 0.6 is 11.3 Å². The molecule has 102 valence electrons. The summed E-state index contributed by atoms with van der Waals surface area (Å²) in [6, 6.07) is 0. The Morgan fingerprint density at radius 2 is 2.47 bits per heavy atom. The Kier molecular flexibility index (Phi) is 3.66. The third-order valence-electron chi connectivity index (χ3n) is 3.67. The highest BCUT2D eigenvalue weighted by atomic mass is 32.1. The van der Waals surface area contributed by atoms with Crippen LogP contribution in [0.25, 0.3) is 10.2 Å². The third-order valence-corrected chi connectivity index (χ3v) is 4.75. The molecule has 1 aliphatic heterocycles. The second-order valence-electron chi connectivity index (χ2n) is 5.12. The van der Waals surface area contributed by atoms with Gasteiger partial charge in [-0.2, -0.15) is 0 Å². The number of thiophene rings is 1. The van der Waals surface area contributed by atoms with Crippen LogP contribution < -0.4 is 5.56 Å². The van der Waals surface area contributed by atoms with Gasteiger partial charge in [0.1, 0.15) is 4.70 Å². The van der Waals surface area contributed by atoms with Crippen molar-refractivity contribution in [2.75, 3.05) is 6.61 Å². The molecular formula is C14H18N2O2S. The monoisotopic (exact) mass is 278 g/mol. The number of aromatic nitrogens is 2. The molecule has 1 atom stereocenters. The highest BCUT2D eigenvalue weighted by molar-refractivity contribution is 7.17. The van der Waals surface area contributed by atoms with E-state index in [1.165, 1.54) is 17.8 Å². The number of hydrogen-bond acceptors (Lipinski definition) is 4. The van der Waals surface area contributed by atoms with E-state index in [-0.39, 0.29) is 5.56 Å². The Labute approximate surface area is 116 Å². The molecule has 0 saturated carbocycles. The van der Waals surface area contributed by atoms with Gasteiger partial charge < -0.3 is 4.74 Å². The molecule has 3 rings (SSSR count). The van der Waals surface area contributed by atoms with E-state index in [1.54, 1.807) is 10.9 Å². The van der Waals surface area contributed by atoms with Crippen LogP contribution in [0.5, 0.6) is 0 Å². The van der Waals surface area contributed by atoms with E-state index in [9.17, 15) is 4.79 Å². The summed E-state index contributed by atoms with van der Waals surface area (Å²) in [6.07, 6.45) is 6.43. The Bertz CT molecular complexity index is 626. The maximum absolute atomic E-state index is 12.3. The molecule has 0 radical (unpaired) electrons. The normalized spacial score (nSPS) is 19.3. The smallest absolute Gasteiger partial charge is 0.271 e. The average molecular weight is 278 g/mol. The standard InChI is InChI=1S/C14H18N2O2S/c1-10-8-19-13-12(10)15-9-16(14(13)17)6-2-4-11-5-3-7-18-11/h8-9,11H,2-7H2,1H3. The van der Waals surface area contributed by atoms with Crippen molar-refractivity contribution in [3.63, 3.8) is 0 Å². The largest absolute Gasteiger partial charge is 0.378 e. The molecule has 0 aromatic carbocycles. The number of rotatable bonds is 4. The second kappa shape index (κ2) is 5.43. The summed E-state index contributed by atoms with van der Waals surface area (Å²) in [7, 11) is 0. The van der Waals surface area contributed by atoms with Gasteiger partial charge >= 0.3 is 0 Å². The van der Waals surface area contributed by atoms with Crippen molar-refractivity contribution in [3.8, 4) is 0 Å². The number of hydrogen-bond donors (Lipinski definition) is 0. The summed E-state index contributed by atoms with van der Waals surface area (Å²) >= 11 is 1.49. The lowest BCUT2D eigenvalue weighted by Gasteiger charge is -2.09. The minimum absolute atomic E-state index is 0.0930. The fourth-order valence-corrected chi connectivity index (χ4v) is 3.53. The van der Waals surface area contributed by atoms with Gasteiger partial charge in [0.25, 0.3) is 5.56 Å². The molecule has 1 saturated heterocycles. The zero-order chi connectivity index (χ0) is 13.2. The molecule has 0 N–H and O–H groups in total. The van der Waals surface area contributed by atoms with Crippen LogP contribution in [0.2, 0.25) is 0 Å². The predicted octanol–water partition coefficient (Wildman–Crippen LogP) is 2.73. The van der Waals surface area contributed by atoms with Crippen molar-refractivity contribution < 1.29 is 4.74 Å². The molecule has 0 aliphatic carbocycles. The molecule has 2 aromatic heterocycles. The van der Waals surface area contributed by atoms with E-state index in [1.807, 2.05) is 12.3 Å². The Morgan fingerprint density at radius 1 is 1.58 bits per heavy atom. The maximum Gasteiger partial charge on any atom is 0.271 e. The lowest BCUT2D eigenvalue weighted by molar-refractivity contribution is 0.101. The number of ether oxygens (including phenoxy) is 1. The molecule has 1 fully saturated rings. The summed E-state index contributed by atoms with van der Waals surface area (Å²) in [5.41, 5.74) is 2.03. The second-order valence-corrected chi connectivity index (χ2v) is 6.00. The van der Waals surface area contributed by atoms with Gasteiger partial charge in [-0.15, -0.1) is 11.3 Å². The summed E-state index contributed by atoms with van der Waals surface area (Å²) in [6.45, 7) is 3.62. The average Bonchev–Trinajstić information content (AvgIpc) is 3.03. The molecule has 3 heterocycles. The molecule has 0 spiro atoms. The molecule has 1 unspecified atom stereocenters. The van der Waals surface area contributed by atoms with Crippen LogP contribution in [-0.4, -0.2) is 22.3 Å². The highest BCUT2D eigenvalue weighted by Crippen LogP contribution is 2.20. The molecule has 5 heteroatoms. The Hall–Kier alpha value is -1.20. The predicted molar refractivity (Wildman–Crippen MR) is 76.8 cm³/mol. The summed E-state index contributed by atoms with van der Waals surface area (Å²) in [4.78, 5) is 16.7. The summed E-state index contributed by atoms with van der Waals surface area (Å²) in [5, 5.41) is 2.00. The first-order valence-corrected chi connectivity index (χ1v) is 7.68. The lowest BCUT2D eigenvalue weighted by atomic mass is 10.1. The minimum Gasteiger partial charge on any atom is -0.378 e. The van der Waals surface area contributed by atoms with Crippen molar-refractivity contribution in [1.82, 2.24) is 9.55 Å².